The Morgan fingerprint density at radius 1 is 0.857 bits per heavy atom. The van der Waals surface area contributed by atoms with E-state index in [1.165, 1.54) is 45.6 Å². The molecule has 2 N–H and O–H groups in total. The van der Waals surface area contributed by atoms with Gasteiger partial charge in [0, 0.05) is 36.1 Å². The largest absolute Gasteiger partial charge is 0.497 e. The van der Waals surface area contributed by atoms with Crippen LogP contribution in [0, 0.1) is 0 Å². The second-order valence-corrected chi connectivity index (χ2v) is 9.93. The first-order valence-electron chi connectivity index (χ1n) is 11.4. The van der Waals surface area contributed by atoms with Crippen LogP contribution >= 0.6 is 0 Å². The number of benzene rings is 3. The molecule has 0 bridgehead atoms. The molecule has 1 fully saturated rings. The van der Waals surface area contributed by atoms with Gasteiger partial charge >= 0.3 is 0 Å². The molecule has 35 heavy (non-hydrogen) atoms. The van der Waals surface area contributed by atoms with Gasteiger partial charge in [-0.15, -0.1) is 0 Å². The average Bonchev–Trinajstić information content (AvgIpc) is 2.89. The molecule has 3 aromatic carbocycles. The average molecular weight is 496 g/mol. The number of methoxy groups -OCH3 is 2. The first kappa shape index (κ1) is 24.4. The van der Waals surface area contributed by atoms with Crippen LogP contribution in [0.5, 0.6) is 11.5 Å². The number of nitrogens with one attached hydrogen (secondary N) is 2. The number of nitrogens with zero attached hydrogens (tertiary/aromatic N) is 1. The highest BCUT2D eigenvalue weighted by atomic mass is 32.2. The Kier molecular flexibility index (Phi) is 7.45. The number of piperidine rings is 1. The summed E-state index contributed by atoms with van der Waals surface area (Å²) >= 11 is 0. The molecule has 0 saturated carbocycles. The number of amides is 1. The molecule has 1 amide bonds. The summed E-state index contributed by atoms with van der Waals surface area (Å²) in [6, 6.07) is 18.3. The molecule has 0 radical (unpaired) electrons. The molecule has 1 aliphatic rings. The fourth-order valence-corrected chi connectivity index (χ4v) is 5.05. The second kappa shape index (κ2) is 10.7. The van der Waals surface area contributed by atoms with E-state index in [0.717, 1.165) is 18.8 Å². The minimum absolute atomic E-state index is 0.0549. The molecule has 1 saturated heterocycles. The Morgan fingerprint density at radius 3 is 2.17 bits per heavy atom. The Bertz CT molecular complexity index is 1270. The van der Waals surface area contributed by atoms with Gasteiger partial charge in [-0.2, -0.15) is 0 Å². The summed E-state index contributed by atoms with van der Waals surface area (Å²) in [5.74, 6) is 0.626. The maximum atomic E-state index is 12.9. The van der Waals surface area contributed by atoms with E-state index in [1.54, 1.807) is 30.3 Å². The molecule has 0 atom stereocenters. The van der Waals surface area contributed by atoms with E-state index in [4.69, 9.17) is 9.47 Å². The third-order valence-corrected chi connectivity index (χ3v) is 7.31. The summed E-state index contributed by atoms with van der Waals surface area (Å²) in [5, 5.41) is 2.81. The highest BCUT2D eigenvalue weighted by Crippen LogP contribution is 2.31. The van der Waals surface area contributed by atoms with Gasteiger partial charge in [-0.3, -0.25) is 9.52 Å². The van der Waals surface area contributed by atoms with Gasteiger partial charge in [0.2, 0.25) is 0 Å². The summed E-state index contributed by atoms with van der Waals surface area (Å²) in [7, 11) is -0.899. The molecule has 1 aliphatic heterocycles. The highest BCUT2D eigenvalue weighted by molar-refractivity contribution is 7.92. The van der Waals surface area contributed by atoms with Crippen LogP contribution in [0.25, 0.3) is 0 Å². The molecule has 0 unspecified atom stereocenters. The first-order chi connectivity index (χ1) is 16.9. The quantitative estimate of drug-likeness (QED) is 0.468. The van der Waals surface area contributed by atoms with Crippen molar-refractivity contribution < 1.29 is 22.7 Å². The molecule has 184 valence electrons. The van der Waals surface area contributed by atoms with E-state index in [2.05, 4.69) is 14.9 Å². The second-order valence-electron chi connectivity index (χ2n) is 8.24. The molecule has 0 spiro atoms. The molecule has 0 aliphatic carbocycles. The van der Waals surface area contributed by atoms with E-state index >= 15 is 0 Å². The Balaban J connectivity index is 1.41. The van der Waals surface area contributed by atoms with Gasteiger partial charge in [-0.05, 0) is 79.9 Å². The van der Waals surface area contributed by atoms with E-state index < -0.39 is 10.0 Å². The van der Waals surface area contributed by atoms with Crippen molar-refractivity contribution in [2.75, 3.05) is 42.2 Å². The Morgan fingerprint density at radius 2 is 1.54 bits per heavy atom. The minimum atomic E-state index is -3.87. The predicted molar refractivity (Wildman–Crippen MR) is 137 cm³/mol. The lowest BCUT2D eigenvalue weighted by atomic mass is 10.1. The third kappa shape index (κ3) is 5.86. The minimum Gasteiger partial charge on any atom is -0.497 e. The standard InChI is InChI=1S/C26H29N3O5S/c1-33-22-12-15-24(25(18-22)34-2)28-35(31,32)23-13-8-20(9-14-23)27-26(30)19-6-10-21(11-7-19)29-16-4-3-5-17-29/h6-15,18,28H,3-5,16-17H2,1-2H3,(H,27,30). The zero-order valence-corrected chi connectivity index (χ0v) is 20.6. The first-order valence-corrected chi connectivity index (χ1v) is 12.9. The van der Waals surface area contributed by atoms with Crippen molar-refractivity contribution in [3.63, 3.8) is 0 Å². The van der Waals surface area contributed by atoms with Crippen LogP contribution in [0.3, 0.4) is 0 Å². The molecular weight excluding hydrogens is 466 g/mol. The van der Waals surface area contributed by atoms with Gasteiger partial charge in [-0.1, -0.05) is 0 Å². The van der Waals surface area contributed by atoms with Gasteiger partial charge in [0.15, 0.2) is 0 Å². The topological polar surface area (TPSA) is 97.0 Å². The maximum Gasteiger partial charge on any atom is 0.262 e. The van der Waals surface area contributed by atoms with Crippen LogP contribution in [-0.4, -0.2) is 41.6 Å². The Hall–Kier alpha value is -3.72. The number of rotatable bonds is 8. The van der Waals surface area contributed by atoms with Crippen LogP contribution in [0.4, 0.5) is 17.1 Å². The lowest BCUT2D eigenvalue weighted by molar-refractivity contribution is 0.102. The van der Waals surface area contributed by atoms with Crippen molar-refractivity contribution in [1.82, 2.24) is 0 Å². The van der Waals surface area contributed by atoms with Crippen molar-refractivity contribution in [2.45, 2.75) is 24.2 Å². The zero-order valence-electron chi connectivity index (χ0n) is 19.8. The fourth-order valence-electron chi connectivity index (χ4n) is 3.98. The lowest BCUT2D eigenvalue weighted by Gasteiger charge is -2.28. The number of ether oxygens (including phenoxy) is 2. The summed E-state index contributed by atoms with van der Waals surface area (Å²) in [5.41, 5.74) is 2.45. The SMILES string of the molecule is COc1ccc(NS(=O)(=O)c2ccc(NC(=O)c3ccc(N4CCCCC4)cc3)cc2)c(OC)c1. The molecule has 1 heterocycles. The molecule has 3 aromatic rings. The van der Waals surface area contributed by atoms with E-state index in [1.807, 2.05) is 24.3 Å². The highest BCUT2D eigenvalue weighted by Gasteiger charge is 2.18. The third-order valence-electron chi connectivity index (χ3n) is 5.93. The van der Waals surface area contributed by atoms with Crippen LogP contribution in [-0.2, 0) is 10.0 Å². The van der Waals surface area contributed by atoms with Gasteiger partial charge < -0.3 is 19.7 Å². The number of hydrogen-bond acceptors (Lipinski definition) is 6. The van der Waals surface area contributed by atoms with Crippen LogP contribution in [0.15, 0.2) is 71.6 Å². The van der Waals surface area contributed by atoms with Crippen molar-refractivity contribution in [1.29, 1.82) is 0 Å². The maximum absolute atomic E-state index is 12.9. The van der Waals surface area contributed by atoms with Crippen LogP contribution in [0.1, 0.15) is 29.6 Å². The van der Waals surface area contributed by atoms with Crippen molar-refractivity contribution in [3.8, 4) is 11.5 Å². The van der Waals surface area contributed by atoms with Crippen molar-refractivity contribution >= 4 is 33.0 Å². The molecule has 8 nitrogen and oxygen atoms in total. The summed E-state index contributed by atoms with van der Waals surface area (Å²) < 4.78 is 38.6. The fraction of sp³-hybridized carbons (Fsp3) is 0.269. The number of hydrogen-bond donors (Lipinski definition) is 2. The van der Waals surface area contributed by atoms with Gasteiger partial charge in [0.1, 0.15) is 11.5 Å². The zero-order chi connectivity index (χ0) is 24.8. The number of carbonyl (C=O) groups is 1. The molecule has 4 rings (SSSR count). The van der Waals surface area contributed by atoms with Crippen molar-refractivity contribution in [3.05, 3.63) is 72.3 Å². The van der Waals surface area contributed by atoms with Gasteiger partial charge in [0.25, 0.3) is 15.9 Å². The predicted octanol–water partition coefficient (Wildman–Crippen LogP) is 4.75. The smallest absolute Gasteiger partial charge is 0.262 e. The number of sulfonamides is 1. The van der Waals surface area contributed by atoms with Crippen molar-refractivity contribution in [2.24, 2.45) is 0 Å². The summed E-state index contributed by atoms with van der Waals surface area (Å²) in [6.45, 7) is 2.09. The van der Waals surface area contributed by atoms with Gasteiger partial charge in [-0.25, -0.2) is 8.42 Å². The van der Waals surface area contributed by atoms with E-state index in [-0.39, 0.29) is 10.8 Å². The lowest BCUT2D eigenvalue weighted by Crippen LogP contribution is -2.29. The van der Waals surface area contributed by atoms with E-state index in [9.17, 15) is 13.2 Å². The Labute approximate surface area is 205 Å². The summed E-state index contributed by atoms with van der Waals surface area (Å²) in [4.78, 5) is 15.1. The monoisotopic (exact) mass is 495 g/mol. The van der Waals surface area contributed by atoms with Crippen LogP contribution < -0.4 is 24.4 Å². The van der Waals surface area contributed by atoms with Crippen LogP contribution in [0.2, 0.25) is 0 Å². The van der Waals surface area contributed by atoms with Gasteiger partial charge in [0.05, 0.1) is 24.8 Å². The normalized spacial score (nSPS) is 13.7. The number of anilines is 3. The van der Waals surface area contributed by atoms with E-state index in [0.29, 0.717) is 28.4 Å². The molecular formula is C26H29N3O5S. The number of carbonyl (C=O) groups excluding carboxylic acids is 1. The molecule has 9 heteroatoms. The summed E-state index contributed by atoms with van der Waals surface area (Å²) in [6.07, 6.45) is 3.65. The molecule has 0 aromatic heterocycles.